The monoisotopic (exact) mass is 446 g/mol. The van der Waals surface area contributed by atoms with Crippen molar-refractivity contribution >= 4 is 29.2 Å². The van der Waals surface area contributed by atoms with Gasteiger partial charge in [-0.1, -0.05) is 37.3 Å². The molecule has 0 spiro atoms. The van der Waals surface area contributed by atoms with Crippen molar-refractivity contribution in [1.29, 1.82) is 0 Å². The minimum atomic E-state index is 0.0603. The molecule has 1 atom stereocenters. The lowest BCUT2D eigenvalue weighted by atomic mass is 10.1. The molecule has 1 aliphatic carbocycles. The maximum atomic E-state index is 6.27. The number of rotatable bonds is 7. The summed E-state index contributed by atoms with van der Waals surface area (Å²) in [6.07, 6.45) is 9.44. The highest BCUT2D eigenvalue weighted by atomic mass is 35.5. The van der Waals surface area contributed by atoms with Crippen LogP contribution in [0.15, 0.2) is 18.2 Å². The number of halogens is 1. The van der Waals surface area contributed by atoms with Gasteiger partial charge in [-0.2, -0.15) is 15.0 Å². The molecular formula is C22H31ClN6O2. The molecule has 4 rings (SSSR count). The number of hydrogen-bond acceptors (Lipinski definition) is 8. The summed E-state index contributed by atoms with van der Waals surface area (Å²) in [7, 11) is 1.59. The number of hydrogen-bond donors (Lipinski definition) is 3. The zero-order valence-corrected chi connectivity index (χ0v) is 18.7. The first-order valence-electron chi connectivity index (χ1n) is 11.2. The minimum absolute atomic E-state index is 0.0603. The van der Waals surface area contributed by atoms with Crippen molar-refractivity contribution in [3.8, 4) is 11.8 Å². The Morgan fingerprint density at radius 3 is 2.52 bits per heavy atom. The third-order valence-electron chi connectivity index (χ3n) is 5.73. The zero-order chi connectivity index (χ0) is 21.5. The van der Waals surface area contributed by atoms with Gasteiger partial charge in [0, 0.05) is 18.3 Å². The van der Waals surface area contributed by atoms with Crippen LogP contribution in [-0.4, -0.2) is 47.3 Å². The standard InChI is InChI=1S/C22H31ClN6O2/c1-30-19-11-10-16(13-18(19)23)26-21-27-20(25-15-7-4-2-3-5-8-15)28-22(29-21)31-17-9-6-12-24-14-17/h10-11,13,15,17,24H,2-9,12,14H2,1H3,(H2,25,26,27,28,29). The van der Waals surface area contributed by atoms with Gasteiger partial charge in [-0.15, -0.1) is 0 Å². The molecule has 1 aromatic carbocycles. The van der Waals surface area contributed by atoms with Crippen molar-refractivity contribution in [2.45, 2.75) is 63.5 Å². The number of piperidine rings is 1. The van der Waals surface area contributed by atoms with E-state index in [-0.39, 0.29) is 6.10 Å². The van der Waals surface area contributed by atoms with Crippen molar-refractivity contribution in [3.63, 3.8) is 0 Å². The fraction of sp³-hybridized carbons (Fsp3) is 0.591. The van der Waals surface area contributed by atoms with Crippen LogP contribution < -0.4 is 25.4 Å². The summed E-state index contributed by atoms with van der Waals surface area (Å²) in [6.45, 7) is 1.82. The van der Waals surface area contributed by atoms with Crippen molar-refractivity contribution in [1.82, 2.24) is 20.3 Å². The summed E-state index contributed by atoms with van der Waals surface area (Å²) in [5.74, 6) is 1.58. The summed E-state index contributed by atoms with van der Waals surface area (Å²) in [5, 5.41) is 10.6. The molecule has 0 bridgehead atoms. The minimum Gasteiger partial charge on any atom is -0.495 e. The molecule has 1 aliphatic heterocycles. The van der Waals surface area contributed by atoms with Crippen molar-refractivity contribution in [2.24, 2.45) is 0 Å². The SMILES string of the molecule is COc1ccc(Nc2nc(NC3CCCCCC3)nc(OC3CCCNC3)n2)cc1Cl. The number of nitrogens with one attached hydrogen (secondary N) is 3. The van der Waals surface area contributed by atoms with Crippen molar-refractivity contribution in [2.75, 3.05) is 30.8 Å². The van der Waals surface area contributed by atoms with Crippen LogP contribution in [0, 0.1) is 0 Å². The van der Waals surface area contributed by atoms with Gasteiger partial charge in [0.1, 0.15) is 11.9 Å². The number of anilines is 3. The molecule has 1 unspecified atom stereocenters. The van der Waals surface area contributed by atoms with E-state index in [1.165, 1.54) is 25.7 Å². The lowest BCUT2D eigenvalue weighted by Crippen LogP contribution is -2.37. The maximum absolute atomic E-state index is 6.27. The van der Waals surface area contributed by atoms with Gasteiger partial charge in [-0.3, -0.25) is 0 Å². The van der Waals surface area contributed by atoms with Crippen LogP contribution in [0.5, 0.6) is 11.8 Å². The van der Waals surface area contributed by atoms with Crippen LogP contribution in [-0.2, 0) is 0 Å². The predicted octanol–water partition coefficient (Wildman–Crippen LogP) is 4.54. The zero-order valence-electron chi connectivity index (χ0n) is 18.0. The van der Waals surface area contributed by atoms with E-state index in [0.29, 0.717) is 34.7 Å². The Balaban J connectivity index is 1.54. The summed E-state index contributed by atoms with van der Waals surface area (Å²) in [4.78, 5) is 13.7. The molecule has 2 aromatic rings. The number of ether oxygens (including phenoxy) is 2. The molecule has 2 heterocycles. The molecule has 31 heavy (non-hydrogen) atoms. The Morgan fingerprint density at radius 2 is 1.81 bits per heavy atom. The summed E-state index contributed by atoms with van der Waals surface area (Å²) < 4.78 is 11.3. The average molecular weight is 447 g/mol. The topological polar surface area (TPSA) is 93.2 Å². The smallest absolute Gasteiger partial charge is 0.323 e. The normalized spacial score (nSPS) is 20.0. The maximum Gasteiger partial charge on any atom is 0.323 e. The molecule has 9 heteroatoms. The molecule has 0 radical (unpaired) electrons. The molecule has 1 aromatic heterocycles. The highest BCUT2D eigenvalue weighted by Crippen LogP contribution is 2.29. The van der Waals surface area contributed by atoms with E-state index in [1.54, 1.807) is 13.2 Å². The Bertz CT molecular complexity index is 854. The average Bonchev–Trinajstić information content (AvgIpc) is 3.03. The molecular weight excluding hydrogens is 416 g/mol. The molecule has 0 amide bonds. The third kappa shape index (κ3) is 6.33. The summed E-state index contributed by atoms with van der Waals surface area (Å²) in [6, 6.07) is 6.17. The number of methoxy groups -OCH3 is 1. The van der Waals surface area contributed by atoms with E-state index >= 15 is 0 Å². The lowest BCUT2D eigenvalue weighted by Gasteiger charge is -2.23. The van der Waals surface area contributed by atoms with Crippen LogP contribution in [0.1, 0.15) is 51.4 Å². The van der Waals surface area contributed by atoms with Crippen LogP contribution >= 0.6 is 11.6 Å². The van der Waals surface area contributed by atoms with Gasteiger partial charge >= 0.3 is 6.01 Å². The van der Waals surface area contributed by atoms with E-state index in [1.807, 2.05) is 12.1 Å². The van der Waals surface area contributed by atoms with Gasteiger partial charge in [0.15, 0.2) is 0 Å². The first kappa shape index (κ1) is 21.9. The van der Waals surface area contributed by atoms with Crippen LogP contribution in [0.3, 0.4) is 0 Å². The largest absolute Gasteiger partial charge is 0.495 e. The Kier molecular flexibility index (Phi) is 7.64. The summed E-state index contributed by atoms with van der Waals surface area (Å²) >= 11 is 6.27. The van der Waals surface area contributed by atoms with Crippen LogP contribution in [0.4, 0.5) is 17.6 Å². The second-order valence-electron chi connectivity index (χ2n) is 8.16. The molecule has 2 aliphatic rings. The number of aromatic nitrogens is 3. The quantitative estimate of drug-likeness (QED) is 0.533. The Morgan fingerprint density at radius 1 is 1.00 bits per heavy atom. The van der Waals surface area contributed by atoms with Crippen LogP contribution in [0.25, 0.3) is 0 Å². The highest BCUT2D eigenvalue weighted by molar-refractivity contribution is 6.32. The van der Waals surface area contributed by atoms with E-state index in [0.717, 1.165) is 44.5 Å². The highest BCUT2D eigenvalue weighted by Gasteiger charge is 2.19. The van der Waals surface area contributed by atoms with Gasteiger partial charge in [0.2, 0.25) is 11.9 Å². The Labute approximate surface area is 188 Å². The van der Waals surface area contributed by atoms with Crippen molar-refractivity contribution in [3.05, 3.63) is 23.2 Å². The third-order valence-corrected chi connectivity index (χ3v) is 6.03. The van der Waals surface area contributed by atoms with Gasteiger partial charge in [-0.05, 0) is 50.4 Å². The van der Waals surface area contributed by atoms with Gasteiger partial charge in [0.05, 0.1) is 12.1 Å². The van der Waals surface area contributed by atoms with Crippen LogP contribution in [0.2, 0.25) is 5.02 Å². The van der Waals surface area contributed by atoms with Crippen molar-refractivity contribution < 1.29 is 9.47 Å². The molecule has 1 saturated carbocycles. The van der Waals surface area contributed by atoms with E-state index in [4.69, 9.17) is 21.1 Å². The molecule has 3 N–H and O–H groups in total. The second kappa shape index (κ2) is 10.8. The lowest BCUT2D eigenvalue weighted by molar-refractivity contribution is 0.153. The fourth-order valence-electron chi connectivity index (χ4n) is 4.08. The number of benzene rings is 1. The molecule has 168 valence electrons. The van der Waals surface area contributed by atoms with Gasteiger partial charge < -0.3 is 25.4 Å². The molecule has 8 nitrogen and oxygen atoms in total. The first-order valence-corrected chi connectivity index (χ1v) is 11.6. The van der Waals surface area contributed by atoms with E-state index in [9.17, 15) is 0 Å². The first-order chi connectivity index (χ1) is 15.2. The Hall–Kier alpha value is -2.32. The van der Waals surface area contributed by atoms with E-state index < -0.39 is 0 Å². The molecule has 2 fully saturated rings. The van der Waals surface area contributed by atoms with Gasteiger partial charge in [-0.25, -0.2) is 0 Å². The van der Waals surface area contributed by atoms with Gasteiger partial charge in [0.25, 0.3) is 0 Å². The van der Waals surface area contributed by atoms with E-state index in [2.05, 4.69) is 30.9 Å². The second-order valence-corrected chi connectivity index (χ2v) is 8.57. The summed E-state index contributed by atoms with van der Waals surface area (Å²) in [5.41, 5.74) is 0.766. The fourth-order valence-corrected chi connectivity index (χ4v) is 4.34. The number of nitrogens with zero attached hydrogens (tertiary/aromatic N) is 3. The predicted molar refractivity (Wildman–Crippen MR) is 123 cm³/mol. The molecule has 1 saturated heterocycles.